The maximum absolute atomic E-state index is 13.5. The van der Waals surface area contributed by atoms with Crippen LogP contribution < -0.4 is 5.56 Å². The van der Waals surface area contributed by atoms with Crippen molar-refractivity contribution in [3.8, 4) is 0 Å². The van der Waals surface area contributed by atoms with Crippen molar-refractivity contribution < 1.29 is 4.79 Å². The summed E-state index contributed by atoms with van der Waals surface area (Å²) in [6, 6.07) is 13.6. The molecule has 0 radical (unpaired) electrons. The van der Waals surface area contributed by atoms with E-state index in [1.807, 2.05) is 49.4 Å². The number of thiocarbonyl (C=S) groups is 1. The highest BCUT2D eigenvalue weighted by Gasteiger charge is 2.32. The number of benzene rings is 1. The topological polar surface area (TPSA) is 54.7 Å². The molecule has 8 heteroatoms. The Labute approximate surface area is 207 Å². The van der Waals surface area contributed by atoms with Crippen LogP contribution in [-0.4, -0.2) is 31.1 Å². The van der Waals surface area contributed by atoms with Crippen LogP contribution in [0.4, 0.5) is 0 Å². The Bertz CT molecular complexity index is 1290. The van der Waals surface area contributed by atoms with Crippen LogP contribution in [0.2, 0.25) is 0 Å². The third-order valence-corrected chi connectivity index (χ3v) is 7.70. The fraction of sp³-hybridized carbons (Fsp3) is 0.280. The number of amides is 1. The number of carbonyl (C=O) groups excluding carboxylic acids is 1. The van der Waals surface area contributed by atoms with Crippen LogP contribution in [0.25, 0.3) is 11.7 Å². The molecule has 0 bridgehead atoms. The minimum absolute atomic E-state index is 0.133. The van der Waals surface area contributed by atoms with Crippen molar-refractivity contribution in [1.82, 2.24) is 14.3 Å². The van der Waals surface area contributed by atoms with Gasteiger partial charge in [-0.1, -0.05) is 86.2 Å². The lowest BCUT2D eigenvalue weighted by atomic mass is 10.2. The van der Waals surface area contributed by atoms with Gasteiger partial charge in [-0.25, -0.2) is 4.98 Å². The minimum Gasteiger partial charge on any atom is -0.293 e. The molecule has 0 unspecified atom stereocenters. The molecular formula is C25H25N3O2S3. The summed E-state index contributed by atoms with van der Waals surface area (Å²) in [4.78, 5) is 34.4. The number of aryl methyl sites for hydroxylation is 1. The number of thioether (sulfide) groups is 1. The lowest BCUT2D eigenvalue weighted by Crippen LogP contribution is -2.29. The van der Waals surface area contributed by atoms with E-state index in [1.165, 1.54) is 23.5 Å². The SMILES string of the molecule is CCCCCCN1C(=O)/C(=C/c2c(Sc3ccccc3)nc3ccc(C)cn3c2=O)SC1=S. The summed E-state index contributed by atoms with van der Waals surface area (Å²) < 4.78 is 2.09. The van der Waals surface area contributed by atoms with Crippen molar-refractivity contribution in [2.75, 3.05) is 6.54 Å². The molecule has 1 fully saturated rings. The predicted octanol–water partition coefficient (Wildman–Crippen LogP) is 5.94. The second-order valence-corrected chi connectivity index (χ2v) is 10.6. The highest BCUT2D eigenvalue weighted by Crippen LogP contribution is 2.35. The standard InChI is InChI=1S/C25H25N3O2S3/c1-3-4-5-9-14-27-24(30)20(33-25(27)31)15-19-22(32-18-10-7-6-8-11-18)26-21-13-12-17(2)16-28(21)23(19)29/h6-8,10-13,15-16H,3-5,9,14H2,1-2H3/b20-15-. The van der Waals surface area contributed by atoms with E-state index < -0.39 is 0 Å². The van der Waals surface area contributed by atoms with E-state index in [0.717, 1.165) is 36.1 Å². The highest BCUT2D eigenvalue weighted by atomic mass is 32.2. The molecule has 1 aliphatic heterocycles. The molecule has 170 valence electrons. The van der Waals surface area contributed by atoms with Gasteiger partial charge in [0, 0.05) is 17.6 Å². The van der Waals surface area contributed by atoms with Gasteiger partial charge in [0.25, 0.3) is 11.5 Å². The van der Waals surface area contributed by atoms with Crippen molar-refractivity contribution in [2.24, 2.45) is 0 Å². The summed E-state index contributed by atoms with van der Waals surface area (Å²) in [5.74, 6) is -0.133. The van der Waals surface area contributed by atoms with Crippen LogP contribution in [-0.2, 0) is 4.79 Å². The molecule has 3 aromatic rings. The van der Waals surface area contributed by atoms with Crippen molar-refractivity contribution in [3.63, 3.8) is 0 Å². The van der Waals surface area contributed by atoms with E-state index in [9.17, 15) is 9.59 Å². The number of carbonyl (C=O) groups is 1. The molecule has 1 amide bonds. The Morgan fingerprint density at radius 3 is 2.64 bits per heavy atom. The number of rotatable bonds is 8. The predicted molar refractivity (Wildman–Crippen MR) is 141 cm³/mol. The fourth-order valence-electron chi connectivity index (χ4n) is 3.56. The zero-order valence-corrected chi connectivity index (χ0v) is 21.1. The molecule has 33 heavy (non-hydrogen) atoms. The third-order valence-electron chi connectivity index (χ3n) is 5.31. The van der Waals surface area contributed by atoms with Gasteiger partial charge in [0.2, 0.25) is 0 Å². The molecule has 1 saturated heterocycles. The van der Waals surface area contributed by atoms with E-state index in [1.54, 1.807) is 21.6 Å². The average Bonchev–Trinajstić information content (AvgIpc) is 3.07. The molecule has 2 aromatic heterocycles. The number of unbranched alkanes of at least 4 members (excludes halogenated alkanes) is 3. The Morgan fingerprint density at radius 2 is 1.88 bits per heavy atom. The van der Waals surface area contributed by atoms with Crippen molar-refractivity contribution in [3.05, 3.63) is 75.0 Å². The lowest BCUT2D eigenvalue weighted by Gasteiger charge is -2.13. The van der Waals surface area contributed by atoms with Crippen molar-refractivity contribution >= 4 is 57.7 Å². The highest BCUT2D eigenvalue weighted by molar-refractivity contribution is 8.26. The van der Waals surface area contributed by atoms with Gasteiger partial charge in [0.1, 0.15) is 15.0 Å². The summed E-state index contributed by atoms with van der Waals surface area (Å²) in [6.07, 6.45) is 7.71. The second-order valence-electron chi connectivity index (χ2n) is 7.88. The molecule has 0 atom stereocenters. The number of pyridine rings is 1. The van der Waals surface area contributed by atoms with Crippen LogP contribution in [0.3, 0.4) is 0 Å². The molecule has 0 aliphatic carbocycles. The average molecular weight is 496 g/mol. The number of fused-ring (bicyclic) bond motifs is 1. The fourth-order valence-corrected chi connectivity index (χ4v) is 5.76. The maximum Gasteiger partial charge on any atom is 0.266 e. The van der Waals surface area contributed by atoms with Gasteiger partial charge in [-0.15, -0.1) is 0 Å². The molecule has 0 N–H and O–H groups in total. The molecule has 1 aliphatic rings. The second kappa shape index (κ2) is 10.7. The summed E-state index contributed by atoms with van der Waals surface area (Å²) in [6.45, 7) is 4.70. The molecule has 1 aromatic carbocycles. The van der Waals surface area contributed by atoms with Gasteiger partial charge in [-0.05, 0) is 43.2 Å². The van der Waals surface area contributed by atoms with Gasteiger partial charge in [-0.2, -0.15) is 0 Å². The lowest BCUT2D eigenvalue weighted by molar-refractivity contribution is -0.122. The molecule has 0 spiro atoms. The first kappa shape index (κ1) is 23.7. The van der Waals surface area contributed by atoms with Gasteiger partial charge < -0.3 is 0 Å². The molecule has 5 nitrogen and oxygen atoms in total. The molecule has 3 heterocycles. The smallest absolute Gasteiger partial charge is 0.266 e. The number of hydrogen-bond donors (Lipinski definition) is 0. The van der Waals surface area contributed by atoms with E-state index >= 15 is 0 Å². The Morgan fingerprint density at radius 1 is 1.09 bits per heavy atom. The summed E-state index contributed by atoms with van der Waals surface area (Å²) >= 11 is 8.15. The quantitative estimate of drug-likeness (QED) is 0.167. The van der Waals surface area contributed by atoms with Crippen LogP contribution in [0, 0.1) is 6.92 Å². The Kier molecular flexibility index (Phi) is 7.67. The number of hydrogen-bond acceptors (Lipinski definition) is 6. The zero-order chi connectivity index (χ0) is 23.4. The maximum atomic E-state index is 13.5. The van der Waals surface area contributed by atoms with Gasteiger partial charge >= 0.3 is 0 Å². The van der Waals surface area contributed by atoms with Crippen molar-refractivity contribution in [2.45, 2.75) is 49.5 Å². The normalized spacial score (nSPS) is 15.2. The summed E-state index contributed by atoms with van der Waals surface area (Å²) in [5.41, 5.74) is 1.73. The van der Waals surface area contributed by atoms with Crippen LogP contribution in [0.5, 0.6) is 0 Å². The summed E-state index contributed by atoms with van der Waals surface area (Å²) in [5, 5.41) is 0.572. The molecule has 0 saturated carbocycles. The Hall–Kier alpha value is -2.42. The van der Waals surface area contributed by atoms with Gasteiger partial charge in [-0.3, -0.25) is 18.9 Å². The summed E-state index contributed by atoms with van der Waals surface area (Å²) in [7, 11) is 0. The zero-order valence-electron chi connectivity index (χ0n) is 18.6. The third kappa shape index (κ3) is 5.39. The van der Waals surface area contributed by atoms with E-state index in [0.29, 0.717) is 32.0 Å². The molecule has 4 rings (SSSR count). The van der Waals surface area contributed by atoms with E-state index in [-0.39, 0.29) is 11.5 Å². The first-order valence-corrected chi connectivity index (χ1v) is 13.0. The van der Waals surface area contributed by atoms with Gasteiger partial charge in [0.15, 0.2) is 0 Å². The Balaban J connectivity index is 1.74. The van der Waals surface area contributed by atoms with Crippen LogP contribution in [0.1, 0.15) is 43.7 Å². The number of nitrogens with zero attached hydrogens (tertiary/aromatic N) is 3. The minimum atomic E-state index is -0.199. The van der Waals surface area contributed by atoms with Crippen LogP contribution in [0.15, 0.2) is 68.3 Å². The van der Waals surface area contributed by atoms with E-state index in [4.69, 9.17) is 17.2 Å². The largest absolute Gasteiger partial charge is 0.293 e. The van der Waals surface area contributed by atoms with Gasteiger partial charge in [0.05, 0.1) is 10.5 Å². The van der Waals surface area contributed by atoms with Crippen LogP contribution >= 0.6 is 35.7 Å². The first-order valence-electron chi connectivity index (χ1n) is 11.0. The first-order chi connectivity index (χ1) is 16.0. The number of aromatic nitrogens is 2. The molecular weight excluding hydrogens is 470 g/mol. The monoisotopic (exact) mass is 495 g/mol. The van der Waals surface area contributed by atoms with Crippen molar-refractivity contribution in [1.29, 1.82) is 0 Å². The van der Waals surface area contributed by atoms with E-state index in [2.05, 4.69) is 6.92 Å².